The van der Waals surface area contributed by atoms with Gasteiger partial charge in [-0.2, -0.15) is 5.10 Å². The zero-order valence-electron chi connectivity index (χ0n) is 12.3. The maximum absolute atomic E-state index is 11.1. The molecule has 0 saturated carbocycles. The Bertz CT molecular complexity index is 676. The van der Waals surface area contributed by atoms with Gasteiger partial charge in [0.2, 0.25) is 0 Å². The van der Waals surface area contributed by atoms with E-state index >= 15 is 0 Å². The largest absolute Gasteiger partial charge is 0.476 e. The molecular weight excluding hydrogens is 266 g/mol. The summed E-state index contributed by atoms with van der Waals surface area (Å²) in [6.45, 7) is 5.68. The van der Waals surface area contributed by atoms with Gasteiger partial charge < -0.3 is 10.0 Å². The molecule has 1 aromatic carbocycles. The topological polar surface area (TPSA) is 58.4 Å². The number of rotatable bonds is 4. The Morgan fingerprint density at radius 3 is 2.86 bits per heavy atom. The van der Waals surface area contributed by atoms with Gasteiger partial charge in [-0.1, -0.05) is 18.2 Å². The van der Waals surface area contributed by atoms with Crippen LogP contribution in [0.15, 0.2) is 30.3 Å². The number of hydrogen-bond acceptors (Lipinski definition) is 3. The third kappa shape index (κ3) is 2.51. The Labute approximate surface area is 123 Å². The number of hydrogen-bond donors (Lipinski definition) is 1. The smallest absolute Gasteiger partial charge is 0.356 e. The van der Waals surface area contributed by atoms with Gasteiger partial charge in [-0.3, -0.25) is 4.68 Å². The fourth-order valence-corrected chi connectivity index (χ4v) is 2.87. The van der Waals surface area contributed by atoms with Crippen molar-refractivity contribution in [3.8, 4) is 0 Å². The van der Waals surface area contributed by atoms with E-state index in [-0.39, 0.29) is 11.7 Å². The quantitative estimate of drug-likeness (QED) is 0.938. The van der Waals surface area contributed by atoms with Crippen molar-refractivity contribution < 1.29 is 9.90 Å². The molecule has 3 rings (SSSR count). The molecule has 0 aliphatic carbocycles. The van der Waals surface area contributed by atoms with Gasteiger partial charge in [0.25, 0.3) is 0 Å². The predicted molar refractivity (Wildman–Crippen MR) is 80.8 cm³/mol. The molecule has 2 heterocycles. The molecule has 110 valence electrons. The summed E-state index contributed by atoms with van der Waals surface area (Å²) in [7, 11) is 0. The highest BCUT2D eigenvalue weighted by Crippen LogP contribution is 2.29. The second kappa shape index (κ2) is 5.24. The molecule has 5 nitrogen and oxygen atoms in total. The number of aromatic carboxylic acids is 1. The molecule has 1 aliphatic rings. The lowest BCUT2D eigenvalue weighted by Gasteiger charge is -2.21. The number of fused-ring (bicyclic) bond motifs is 1. The summed E-state index contributed by atoms with van der Waals surface area (Å²) in [4.78, 5) is 13.4. The van der Waals surface area contributed by atoms with Gasteiger partial charge in [-0.05, 0) is 38.0 Å². The predicted octanol–water partition coefficient (Wildman–Crippen LogP) is 2.72. The van der Waals surface area contributed by atoms with Crippen LogP contribution in [0.4, 0.5) is 5.69 Å². The first kappa shape index (κ1) is 13.7. The highest BCUT2D eigenvalue weighted by molar-refractivity contribution is 5.85. The molecule has 0 radical (unpaired) electrons. The van der Waals surface area contributed by atoms with Crippen LogP contribution in [0, 0.1) is 0 Å². The van der Waals surface area contributed by atoms with Crippen LogP contribution in [0.2, 0.25) is 0 Å². The zero-order valence-corrected chi connectivity index (χ0v) is 12.3. The number of carboxylic acids is 1. The van der Waals surface area contributed by atoms with E-state index in [1.54, 1.807) is 6.07 Å². The standard InChI is InChI=1S/C16H19N3O2/c1-11(2)19-13(9-14(17-19)16(20)21)10-18-8-7-12-5-3-4-6-15(12)18/h3-6,9,11H,7-8,10H2,1-2H3,(H,20,21). The maximum atomic E-state index is 11.1. The number of para-hydroxylation sites is 1. The number of carbonyl (C=O) groups is 1. The third-order valence-corrected chi connectivity index (χ3v) is 3.86. The van der Waals surface area contributed by atoms with Crippen LogP contribution in [0.5, 0.6) is 0 Å². The van der Waals surface area contributed by atoms with E-state index < -0.39 is 5.97 Å². The molecular formula is C16H19N3O2. The van der Waals surface area contributed by atoms with Gasteiger partial charge >= 0.3 is 5.97 Å². The lowest BCUT2D eigenvalue weighted by molar-refractivity contribution is 0.0689. The number of benzene rings is 1. The van der Waals surface area contributed by atoms with Gasteiger partial charge in [0, 0.05) is 18.3 Å². The fraction of sp³-hybridized carbons (Fsp3) is 0.375. The molecule has 0 spiro atoms. The fourth-order valence-electron chi connectivity index (χ4n) is 2.87. The van der Waals surface area contributed by atoms with Gasteiger partial charge in [-0.15, -0.1) is 0 Å². The van der Waals surface area contributed by atoms with Crippen LogP contribution in [-0.4, -0.2) is 27.4 Å². The summed E-state index contributed by atoms with van der Waals surface area (Å²) in [6.07, 6.45) is 1.04. The minimum absolute atomic E-state index is 0.117. The van der Waals surface area contributed by atoms with Crippen molar-refractivity contribution in [2.24, 2.45) is 0 Å². The minimum atomic E-state index is -0.975. The number of nitrogens with zero attached hydrogens (tertiary/aromatic N) is 3. The van der Waals surface area contributed by atoms with Crippen LogP contribution in [0.1, 0.15) is 41.6 Å². The second-order valence-electron chi connectivity index (χ2n) is 5.66. The monoisotopic (exact) mass is 285 g/mol. The van der Waals surface area contributed by atoms with E-state index in [0.717, 1.165) is 18.7 Å². The second-order valence-corrected chi connectivity index (χ2v) is 5.66. The van der Waals surface area contributed by atoms with Crippen LogP contribution >= 0.6 is 0 Å². The van der Waals surface area contributed by atoms with Crippen LogP contribution < -0.4 is 4.90 Å². The Morgan fingerprint density at radius 2 is 2.14 bits per heavy atom. The molecule has 1 aromatic heterocycles. The molecule has 0 fully saturated rings. The Kier molecular flexibility index (Phi) is 3.41. The maximum Gasteiger partial charge on any atom is 0.356 e. The van der Waals surface area contributed by atoms with Crippen molar-refractivity contribution in [2.75, 3.05) is 11.4 Å². The van der Waals surface area contributed by atoms with E-state index in [0.29, 0.717) is 6.54 Å². The number of carboxylic acid groups (broad SMARTS) is 1. The number of anilines is 1. The van der Waals surface area contributed by atoms with Crippen molar-refractivity contribution in [1.29, 1.82) is 0 Å². The highest BCUT2D eigenvalue weighted by Gasteiger charge is 2.22. The minimum Gasteiger partial charge on any atom is -0.476 e. The lowest BCUT2D eigenvalue weighted by Crippen LogP contribution is -2.22. The van der Waals surface area contributed by atoms with E-state index in [1.807, 2.05) is 24.6 Å². The van der Waals surface area contributed by atoms with Gasteiger partial charge in [0.15, 0.2) is 5.69 Å². The molecule has 0 amide bonds. The van der Waals surface area contributed by atoms with Gasteiger partial charge in [0.1, 0.15) is 0 Å². The zero-order chi connectivity index (χ0) is 15.0. The first-order valence-corrected chi connectivity index (χ1v) is 7.21. The SMILES string of the molecule is CC(C)n1nc(C(=O)O)cc1CN1CCc2ccccc21. The van der Waals surface area contributed by atoms with Crippen molar-refractivity contribution in [2.45, 2.75) is 32.9 Å². The summed E-state index contributed by atoms with van der Waals surface area (Å²) in [5.41, 5.74) is 3.66. The van der Waals surface area contributed by atoms with Crippen molar-refractivity contribution in [3.63, 3.8) is 0 Å². The molecule has 2 aromatic rings. The molecule has 21 heavy (non-hydrogen) atoms. The molecule has 1 N–H and O–H groups in total. The van der Waals surface area contributed by atoms with Gasteiger partial charge in [0.05, 0.1) is 12.2 Å². The highest BCUT2D eigenvalue weighted by atomic mass is 16.4. The van der Waals surface area contributed by atoms with Crippen molar-refractivity contribution in [1.82, 2.24) is 9.78 Å². The average molecular weight is 285 g/mol. The normalized spacial score (nSPS) is 13.8. The van der Waals surface area contributed by atoms with E-state index in [9.17, 15) is 4.79 Å². The molecule has 0 atom stereocenters. The van der Waals surface area contributed by atoms with Crippen molar-refractivity contribution >= 4 is 11.7 Å². The number of aromatic nitrogens is 2. The third-order valence-electron chi connectivity index (χ3n) is 3.86. The first-order chi connectivity index (χ1) is 10.1. The van der Waals surface area contributed by atoms with E-state index in [4.69, 9.17) is 5.11 Å². The Balaban J connectivity index is 1.90. The van der Waals surface area contributed by atoms with E-state index in [1.165, 1.54) is 11.3 Å². The van der Waals surface area contributed by atoms with Crippen molar-refractivity contribution in [3.05, 3.63) is 47.3 Å². The average Bonchev–Trinajstić information content (AvgIpc) is 3.04. The molecule has 5 heteroatoms. The summed E-state index contributed by atoms with van der Waals surface area (Å²) in [5.74, 6) is -0.975. The molecule has 1 aliphatic heterocycles. The van der Waals surface area contributed by atoms with Crippen LogP contribution in [0.3, 0.4) is 0 Å². The summed E-state index contributed by atoms with van der Waals surface area (Å²) >= 11 is 0. The Hall–Kier alpha value is -2.30. The molecule has 0 bridgehead atoms. The summed E-state index contributed by atoms with van der Waals surface area (Å²) in [5, 5.41) is 13.3. The first-order valence-electron chi connectivity index (χ1n) is 7.21. The molecule has 0 unspecified atom stereocenters. The lowest BCUT2D eigenvalue weighted by atomic mass is 10.2. The summed E-state index contributed by atoms with van der Waals surface area (Å²) in [6, 6.07) is 10.2. The van der Waals surface area contributed by atoms with Gasteiger partial charge in [-0.25, -0.2) is 4.79 Å². The Morgan fingerprint density at radius 1 is 1.38 bits per heavy atom. The van der Waals surface area contributed by atoms with Crippen LogP contribution in [0.25, 0.3) is 0 Å². The summed E-state index contributed by atoms with van der Waals surface area (Å²) < 4.78 is 1.81. The van der Waals surface area contributed by atoms with Crippen LogP contribution in [-0.2, 0) is 13.0 Å². The van der Waals surface area contributed by atoms with E-state index in [2.05, 4.69) is 28.2 Å². The molecule has 0 saturated heterocycles.